The normalized spacial score (nSPS) is 31.7. The van der Waals surface area contributed by atoms with Crippen LogP contribution in [-0.4, -0.2) is 18.4 Å². The van der Waals surface area contributed by atoms with Crippen molar-refractivity contribution in [2.75, 3.05) is 11.9 Å². The summed E-state index contributed by atoms with van der Waals surface area (Å²) in [6, 6.07) is 4.12. The van der Waals surface area contributed by atoms with E-state index in [9.17, 15) is 14.0 Å². The molecule has 2 amide bonds. The Bertz CT molecular complexity index is 701. The highest BCUT2D eigenvalue weighted by atomic mass is 35.5. The standard InChI is InChI=1S/C20H24ClFN2O2/c21-15-1-2-17(16(22)8-15)24-18(25)3-4-23-19(26)20-9-12-5-13(10-20)7-14(6-12)11-20/h1-2,8,12-14H,3-7,9-11H2,(H,23,26)(H,24,25). The number of carbonyl (C=O) groups is 2. The van der Waals surface area contributed by atoms with Crippen molar-refractivity contribution in [3.05, 3.63) is 29.0 Å². The Hall–Kier alpha value is -1.62. The van der Waals surface area contributed by atoms with Crippen LogP contribution in [0.4, 0.5) is 10.1 Å². The first kappa shape index (κ1) is 17.8. The number of amides is 2. The minimum absolute atomic E-state index is 0.104. The average molecular weight is 379 g/mol. The molecule has 0 saturated heterocycles. The highest BCUT2D eigenvalue weighted by Crippen LogP contribution is 2.60. The summed E-state index contributed by atoms with van der Waals surface area (Å²) < 4.78 is 13.7. The molecule has 0 aromatic heterocycles. The Kier molecular flexibility index (Phi) is 4.68. The highest BCUT2D eigenvalue weighted by Gasteiger charge is 2.54. The molecule has 0 atom stereocenters. The number of rotatable bonds is 5. The lowest BCUT2D eigenvalue weighted by Crippen LogP contribution is -2.53. The van der Waals surface area contributed by atoms with E-state index in [0.717, 1.165) is 25.3 Å². The zero-order valence-corrected chi connectivity index (χ0v) is 15.4. The summed E-state index contributed by atoms with van der Waals surface area (Å²) in [5.41, 5.74) is -0.0974. The number of hydrogen-bond acceptors (Lipinski definition) is 2. The van der Waals surface area contributed by atoms with Crippen molar-refractivity contribution in [3.63, 3.8) is 0 Å². The molecular formula is C20H24ClFN2O2. The topological polar surface area (TPSA) is 58.2 Å². The molecule has 4 aliphatic rings. The molecule has 4 fully saturated rings. The van der Waals surface area contributed by atoms with E-state index in [1.807, 2.05) is 0 Å². The van der Waals surface area contributed by atoms with Crippen molar-refractivity contribution >= 4 is 29.1 Å². The van der Waals surface area contributed by atoms with Gasteiger partial charge in [-0.05, 0) is 74.5 Å². The summed E-state index contributed by atoms with van der Waals surface area (Å²) in [7, 11) is 0. The zero-order chi connectivity index (χ0) is 18.3. The summed E-state index contributed by atoms with van der Waals surface area (Å²) in [6.45, 7) is 0.279. The summed E-state index contributed by atoms with van der Waals surface area (Å²) in [5.74, 6) is 1.36. The first-order valence-corrected chi connectivity index (χ1v) is 9.84. The van der Waals surface area contributed by atoms with Crippen molar-refractivity contribution in [1.29, 1.82) is 0 Å². The van der Waals surface area contributed by atoms with Crippen molar-refractivity contribution in [1.82, 2.24) is 5.32 Å². The van der Waals surface area contributed by atoms with Crippen LogP contribution in [0.1, 0.15) is 44.9 Å². The van der Waals surface area contributed by atoms with E-state index in [1.165, 1.54) is 31.4 Å². The third-order valence-corrected chi connectivity index (χ3v) is 6.60. The van der Waals surface area contributed by atoms with Gasteiger partial charge in [-0.25, -0.2) is 4.39 Å². The summed E-state index contributed by atoms with van der Waals surface area (Å²) in [4.78, 5) is 24.8. The van der Waals surface area contributed by atoms with Gasteiger partial charge in [-0.3, -0.25) is 9.59 Å². The molecule has 4 bridgehead atoms. The van der Waals surface area contributed by atoms with Crippen molar-refractivity contribution < 1.29 is 14.0 Å². The maximum absolute atomic E-state index is 13.7. The molecule has 4 aliphatic carbocycles. The fraction of sp³-hybridized carbons (Fsp3) is 0.600. The molecule has 1 aromatic rings. The first-order chi connectivity index (χ1) is 12.4. The lowest BCUT2D eigenvalue weighted by molar-refractivity contribution is -0.146. The highest BCUT2D eigenvalue weighted by molar-refractivity contribution is 6.30. The van der Waals surface area contributed by atoms with E-state index in [2.05, 4.69) is 10.6 Å². The van der Waals surface area contributed by atoms with Gasteiger partial charge in [0.2, 0.25) is 11.8 Å². The Morgan fingerprint density at radius 1 is 1.12 bits per heavy atom. The van der Waals surface area contributed by atoms with E-state index in [-0.39, 0.29) is 40.9 Å². The van der Waals surface area contributed by atoms with Crippen LogP contribution in [0, 0.1) is 29.0 Å². The first-order valence-electron chi connectivity index (χ1n) is 9.47. The second-order valence-corrected chi connectivity index (χ2v) is 8.81. The van der Waals surface area contributed by atoms with Crippen LogP contribution in [0.15, 0.2) is 18.2 Å². The number of nitrogens with one attached hydrogen (secondary N) is 2. The molecule has 0 spiro atoms. The van der Waals surface area contributed by atoms with Crippen molar-refractivity contribution in [2.45, 2.75) is 44.9 Å². The second-order valence-electron chi connectivity index (χ2n) is 8.38. The molecule has 26 heavy (non-hydrogen) atoms. The zero-order valence-electron chi connectivity index (χ0n) is 14.7. The number of hydrogen-bond donors (Lipinski definition) is 2. The van der Waals surface area contributed by atoms with Crippen LogP contribution in [0.2, 0.25) is 5.02 Å². The summed E-state index contributed by atoms with van der Waals surface area (Å²) in [5, 5.41) is 5.77. The van der Waals surface area contributed by atoms with Gasteiger partial charge in [-0.2, -0.15) is 0 Å². The molecule has 5 rings (SSSR count). The van der Waals surface area contributed by atoms with Crippen LogP contribution < -0.4 is 10.6 Å². The van der Waals surface area contributed by atoms with Gasteiger partial charge in [0.25, 0.3) is 0 Å². The average Bonchev–Trinajstić information content (AvgIpc) is 2.56. The molecule has 0 radical (unpaired) electrons. The SMILES string of the molecule is O=C(CCNC(=O)C12CC3CC(CC(C3)C1)C2)Nc1ccc(Cl)cc1F. The maximum atomic E-state index is 13.7. The molecule has 1 aromatic carbocycles. The Morgan fingerprint density at radius 3 is 2.31 bits per heavy atom. The number of anilines is 1. The van der Waals surface area contributed by atoms with Gasteiger partial charge in [-0.15, -0.1) is 0 Å². The maximum Gasteiger partial charge on any atom is 0.226 e. The fourth-order valence-corrected chi connectivity index (χ4v) is 5.83. The van der Waals surface area contributed by atoms with Crippen LogP contribution in [0.25, 0.3) is 0 Å². The largest absolute Gasteiger partial charge is 0.355 e. The summed E-state index contributed by atoms with van der Waals surface area (Å²) >= 11 is 5.70. The third-order valence-electron chi connectivity index (χ3n) is 6.36. The van der Waals surface area contributed by atoms with E-state index in [0.29, 0.717) is 17.8 Å². The molecule has 4 saturated carbocycles. The van der Waals surface area contributed by atoms with Gasteiger partial charge in [-0.1, -0.05) is 11.6 Å². The van der Waals surface area contributed by atoms with E-state index in [1.54, 1.807) is 0 Å². The molecule has 0 unspecified atom stereocenters. The van der Waals surface area contributed by atoms with Crippen LogP contribution in [0.5, 0.6) is 0 Å². The number of carbonyl (C=O) groups excluding carboxylic acids is 2. The quantitative estimate of drug-likeness (QED) is 0.809. The minimum atomic E-state index is -0.566. The van der Waals surface area contributed by atoms with Crippen molar-refractivity contribution in [3.8, 4) is 0 Å². The molecule has 6 heteroatoms. The number of halogens is 2. The van der Waals surface area contributed by atoms with Gasteiger partial charge in [0.1, 0.15) is 5.82 Å². The van der Waals surface area contributed by atoms with E-state index in [4.69, 9.17) is 11.6 Å². The van der Waals surface area contributed by atoms with Gasteiger partial charge < -0.3 is 10.6 Å². The Balaban J connectivity index is 1.28. The van der Waals surface area contributed by atoms with Gasteiger partial charge >= 0.3 is 0 Å². The predicted octanol–water partition coefficient (Wildman–Crippen LogP) is 4.14. The molecule has 0 heterocycles. The van der Waals surface area contributed by atoms with Crippen molar-refractivity contribution in [2.24, 2.45) is 23.2 Å². The molecule has 4 nitrogen and oxygen atoms in total. The third kappa shape index (κ3) is 3.46. The van der Waals surface area contributed by atoms with Gasteiger partial charge in [0, 0.05) is 23.4 Å². The Morgan fingerprint density at radius 2 is 1.73 bits per heavy atom. The molecular weight excluding hydrogens is 355 g/mol. The molecule has 2 N–H and O–H groups in total. The second kappa shape index (κ2) is 6.84. The van der Waals surface area contributed by atoms with Crippen LogP contribution in [-0.2, 0) is 9.59 Å². The van der Waals surface area contributed by atoms with Crippen LogP contribution in [0.3, 0.4) is 0 Å². The fourth-order valence-electron chi connectivity index (χ4n) is 5.67. The van der Waals surface area contributed by atoms with Gasteiger partial charge in [0.15, 0.2) is 0 Å². The minimum Gasteiger partial charge on any atom is -0.355 e. The Labute approximate surface area is 157 Å². The van der Waals surface area contributed by atoms with E-state index < -0.39 is 5.82 Å². The van der Waals surface area contributed by atoms with E-state index >= 15 is 0 Å². The molecule has 0 aliphatic heterocycles. The smallest absolute Gasteiger partial charge is 0.226 e. The monoisotopic (exact) mass is 378 g/mol. The predicted molar refractivity (Wildman–Crippen MR) is 98.3 cm³/mol. The van der Waals surface area contributed by atoms with Gasteiger partial charge in [0.05, 0.1) is 5.69 Å². The number of benzene rings is 1. The molecule has 140 valence electrons. The lowest BCUT2D eigenvalue weighted by Gasteiger charge is -2.55. The van der Waals surface area contributed by atoms with Crippen LogP contribution >= 0.6 is 11.6 Å². The lowest BCUT2D eigenvalue weighted by atomic mass is 9.49. The summed E-state index contributed by atoms with van der Waals surface area (Å²) in [6.07, 6.45) is 7.03.